The van der Waals surface area contributed by atoms with Crippen LogP contribution in [-0.2, 0) is 14.6 Å². The van der Waals surface area contributed by atoms with Gasteiger partial charge < -0.3 is 14.7 Å². The van der Waals surface area contributed by atoms with E-state index in [1.54, 1.807) is 20.8 Å². The lowest BCUT2D eigenvalue weighted by atomic mass is 9.89. The van der Waals surface area contributed by atoms with Crippen LogP contribution < -0.4 is 0 Å². The summed E-state index contributed by atoms with van der Waals surface area (Å²) in [6, 6.07) is 0. The normalized spacial score (nSPS) is 32.8. The molecule has 0 aromatic carbocycles. The molecule has 2 saturated heterocycles. The van der Waals surface area contributed by atoms with Gasteiger partial charge in [-0.3, -0.25) is 0 Å². The number of carbonyl (C=O) groups excluding carboxylic acids is 1. The molecule has 7 heteroatoms. The summed E-state index contributed by atoms with van der Waals surface area (Å²) in [4.78, 5) is 13.5. The van der Waals surface area contributed by atoms with Crippen LogP contribution in [0.15, 0.2) is 0 Å². The van der Waals surface area contributed by atoms with Crippen molar-refractivity contribution in [2.75, 3.05) is 25.4 Å². The highest BCUT2D eigenvalue weighted by Gasteiger charge is 2.58. The Labute approximate surface area is 120 Å². The average molecular weight is 305 g/mol. The van der Waals surface area contributed by atoms with E-state index in [-0.39, 0.29) is 24.8 Å². The minimum absolute atomic E-state index is 0.0976. The van der Waals surface area contributed by atoms with Gasteiger partial charge >= 0.3 is 6.09 Å². The van der Waals surface area contributed by atoms with Gasteiger partial charge in [-0.05, 0) is 33.6 Å². The summed E-state index contributed by atoms with van der Waals surface area (Å²) in [5.74, 6) is -0.180. The highest BCUT2D eigenvalue weighted by atomic mass is 32.2. The van der Waals surface area contributed by atoms with Crippen molar-refractivity contribution in [1.29, 1.82) is 0 Å². The maximum absolute atomic E-state index is 12.3. The summed E-state index contributed by atoms with van der Waals surface area (Å²) in [7, 11) is -3.27. The van der Waals surface area contributed by atoms with E-state index in [4.69, 9.17) is 4.74 Å². The number of nitrogens with zero attached hydrogens (tertiary/aromatic N) is 1. The molecule has 2 heterocycles. The topological polar surface area (TPSA) is 83.9 Å². The molecule has 1 N–H and O–H groups in total. The van der Waals surface area contributed by atoms with E-state index in [0.29, 0.717) is 19.4 Å². The molecule has 2 atom stereocenters. The molecule has 2 rings (SSSR count). The van der Waals surface area contributed by atoms with Crippen molar-refractivity contribution in [3.05, 3.63) is 0 Å². The van der Waals surface area contributed by atoms with Gasteiger partial charge in [0.25, 0.3) is 0 Å². The van der Waals surface area contributed by atoms with Gasteiger partial charge in [-0.2, -0.15) is 0 Å². The molecule has 6 nitrogen and oxygen atoms in total. The van der Waals surface area contributed by atoms with Crippen LogP contribution in [0.1, 0.15) is 33.6 Å². The highest BCUT2D eigenvalue weighted by Crippen LogP contribution is 2.44. The Hall–Kier alpha value is -0.820. The molecule has 0 radical (unpaired) electrons. The van der Waals surface area contributed by atoms with Crippen LogP contribution in [0, 0.1) is 5.92 Å². The first-order valence-electron chi connectivity index (χ1n) is 6.92. The minimum atomic E-state index is -3.27. The minimum Gasteiger partial charge on any atom is -0.444 e. The summed E-state index contributed by atoms with van der Waals surface area (Å²) >= 11 is 0. The fourth-order valence-electron chi connectivity index (χ4n) is 3.15. The predicted molar refractivity (Wildman–Crippen MR) is 74.1 cm³/mol. The largest absolute Gasteiger partial charge is 0.444 e. The van der Waals surface area contributed by atoms with Crippen LogP contribution in [0.3, 0.4) is 0 Å². The molecule has 0 aromatic heterocycles. The van der Waals surface area contributed by atoms with Crippen LogP contribution in [0.5, 0.6) is 0 Å². The molecule has 20 heavy (non-hydrogen) atoms. The van der Waals surface area contributed by atoms with Crippen LogP contribution in [0.25, 0.3) is 0 Å². The molecular weight excluding hydrogens is 282 g/mol. The van der Waals surface area contributed by atoms with E-state index in [0.717, 1.165) is 0 Å². The molecule has 1 spiro atoms. The Bertz CT molecular complexity index is 495. The lowest BCUT2D eigenvalue weighted by Crippen LogP contribution is -2.46. The van der Waals surface area contributed by atoms with Gasteiger partial charge in [0, 0.05) is 25.6 Å². The van der Waals surface area contributed by atoms with Crippen LogP contribution >= 0.6 is 0 Å². The molecule has 0 unspecified atom stereocenters. The third-order valence-electron chi connectivity index (χ3n) is 4.23. The zero-order valence-corrected chi connectivity index (χ0v) is 13.1. The fraction of sp³-hybridized carbons (Fsp3) is 0.923. The number of aliphatic hydroxyl groups excluding tert-OH is 1. The van der Waals surface area contributed by atoms with Gasteiger partial charge in [0.15, 0.2) is 9.84 Å². The molecule has 0 aromatic rings. The van der Waals surface area contributed by atoms with Gasteiger partial charge in [0.1, 0.15) is 5.60 Å². The monoisotopic (exact) mass is 305 g/mol. The molecular formula is C13H23NO5S. The first-order valence-corrected chi connectivity index (χ1v) is 8.58. The molecule has 0 aliphatic carbocycles. The summed E-state index contributed by atoms with van der Waals surface area (Å²) in [6.45, 7) is 5.68. The first kappa shape index (κ1) is 15.6. The number of amides is 1. The number of hydrogen-bond donors (Lipinski definition) is 1. The van der Waals surface area contributed by atoms with E-state index in [2.05, 4.69) is 0 Å². The summed E-state index contributed by atoms with van der Waals surface area (Å²) in [5, 5.41) is 9.44. The van der Waals surface area contributed by atoms with Crippen molar-refractivity contribution in [3.63, 3.8) is 0 Å². The van der Waals surface area contributed by atoms with E-state index in [9.17, 15) is 18.3 Å². The number of rotatable bonds is 1. The fourth-order valence-corrected chi connectivity index (χ4v) is 5.61. The molecule has 2 aliphatic rings. The number of sulfone groups is 1. The molecule has 2 fully saturated rings. The first-order chi connectivity index (χ1) is 9.11. The SMILES string of the molecule is CC(C)(C)OC(=O)N1CC[C@]2(C1)[C@@H](CO)CCS2(=O)=O. The van der Waals surface area contributed by atoms with Crippen molar-refractivity contribution in [2.45, 2.75) is 44.0 Å². The smallest absolute Gasteiger partial charge is 0.410 e. The Kier molecular flexibility index (Phi) is 3.79. The predicted octanol–water partition coefficient (Wildman–Crippen LogP) is 0.793. The lowest BCUT2D eigenvalue weighted by Gasteiger charge is -2.29. The van der Waals surface area contributed by atoms with E-state index in [1.807, 2.05) is 0 Å². The van der Waals surface area contributed by atoms with Gasteiger partial charge in [0.05, 0.1) is 10.5 Å². The zero-order chi connectivity index (χ0) is 15.2. The standard InChI is InChI=1S/C13H23NO5S/c1-12(2,3)19-11(16)14-6-5-13(9-14)10(8-15)4-7-20(13,17)18/h10,15H,4-9H2,1-3H3/t10-,13+/m1/s1. The highest BCUT2D eigenvalue weighted by molar-refractivity contribution is 7.93. The summed E-state index contributed by atoms with van der Waals surface area (Å²) in [6.07, 6.45) is 0.383. The van der Waals surface area contributed by atoms with Crippen molar-refractivity contribution in [2.24, 2.45) is 5.92 Å². The van der Waals surface area contributed by atoms with E-state index >= 15 is 0 Å². The molecule has 0 bridgehead atoms. The number of hydrogen-bond acceptors (Lipinski definition) is 5. The summed E-state index contributed by atoms with van der Waals surface area (Å²) in [5.41, 5.74) is -0.599. The van der Waals surface area contributed by atoms with Gasteiger partial charge in [-0.1, -0.05) is 0 Å². The van der Waals surface area contributed by atoms with Gasteiger partial charge in [-0.25, -0.2) is 13.2 Å². The number of carbonyl (C=O) groups is 1. The third-order valence-corrected chi connectivity index (χ3v) is 6.91. The number of likely N-dealkylation sites (tertiary alicyclic amines) is 1. The Morgan fingerprint density at radius 2 is 2.10 bits per heavy atom. The number of aliphatic hydroxyl groups is 1. The Balaban J connectivity index is 2.17. The van der Waals surface area contributed by atoms with Crippen LogP contribution in [0.2, 0.25) is 0 Å². The second-order valence-electron chi connectivity index (χ2n) is 6.70. The van der Waals surface area contributed by atoms with E-state index in [1.165, 1.54) is 4.90 Å². The second kappa shape index (κ2) is 4.87. The van der Waals surface area contributed by atoms with Crippen molar-refractivity contribution < 1.29 is 23.1 Å². The Morgan fingerprint density at radius 1 is 1.45 bits per heavy atom. The van der Waals surface area contributed by atoms with Gasteiger partial charge in [-0.15, -0.1) is 0 Å². The molecule has 2 aliphatic heterocycles. The maximum atomic E-state index is 12.3. The average Bonchev–Trinajstić information content (AvgIpc) is 2.83. The van der Waals surface area contributed by atoms with Crippen molar-refractivity contribution >= 4 is 15.9 Å². The summed E-state index contributed by atoms with van der Waals surface area (Å²) < 4.78 is 29.0. The lowest BCUT2D eigenvalue weighted by molar-refractivity contribution is 0.0284. The quantitative estimate of drug-likeness (QED) is 0.774. The third kappa shape index (κ3) is 2.53. The zero-order valence-electron chi connectivity index (χ0n) is 12.3. The maximum Gasteiger partial charge on any atom is 0.410 e. The molecule has 116 valence electrons. The van der Waals surface area contributed by atoms with Crippen molar-refractivity contribution in [3.8, 4) is 0 Å². The van der Waals surface area contributed by atoms with Crippen molar-refractivity contribution in [1.82, 2.24) is 4.90 Å². The van der Waals surface area contributed by atoms with Gasteiger partial charge in [0.2, 0.25) is 0 Å². The molecule has 0 saturated carbocycles. The van der Waals surface area contributed by atoms with Crippen LogP contribution in [0.4, 0.5) is 4.79 Å². The Morgan fingerprint density at radius 3 is 2.65 bits per heavy atom. The van der Waals surface area contributed by atoms with E-state index < -0.39 is 26.3 Å². The van der Waals surface area contributed by atoms with Crippen LogP contribution in [-0.4, -0.2) is 60.3 Å². The molecule has 1 amide bonds. The second-order valence-corrected chi connectivity index (χ2v) is 9.15. The number of ether oxygens (including phenoxy) is 1.